The highest BCUT2D eigenvalue weighted by atomic mass is 32.2. The molecule has 0 aliphatic carbocycles. The Bertz CT molecular complexity index is 534. The standard InChI is InChI=1S/C13H24N2O3S/c1-9(2)7-13(5,8-14)15-19(16,17)12-6-10(3)18-11(12)4/h6,9,15H,7-8,14H2,1-5H3. The lowest BCUT2D eigenvalue weighted by molar-refractivity contribution is 0.344. The van der Waals surface area contributed by atoms with Crippen LogP contribution in [0.1, 0.15) is 38.7 Å². The Hall–Kier alpha value is -0.850. The number of furan rings is 1. The molecule has 3 N–H and O–H groups in total. The molecule has 5 nitrogen and oxygen atoms in total. The Morgan fingerprint density at radius 3 is 2.37 bits per heavy atom. The van der Waals surface area contributed by atoms with Crippen molar-refractivity contribution in [2.24, 2.45) is 11.7 Å². The van der Waals surface area contributed by atoms with Gasteiger partial charge in [-0.2, -0.15) is 0 Å². The Labute approximate surface area is 115 Å². The molecule has 0 spiro atoms. The van der Waals surface area contributed by atoms with Crippen molar-refractivity contribution in [2.45, 2.75) is 51.5 Å². The number of hydrogen-bond acceptors (Lipinski definition) is 4. The molecular weight excluding hydrogens is 264 g/mol. The molecule has 1 heterocycles. The quantitative estimate of drug-likeness (QED) is 0.837. The smallest absolute Gasteiger partial charge is 0.244 e. The summed E-state index contributed by atoms with van der Waals surface area (Å²) in [6.45, 7) is 9.52. The summed E-state index contributed by atoms with van der Waals surface area (Å²) < 4.78 is 32.8. The van der Waals surface area contributed by atoms with Gasteiger partial charge in [0.1, 0.15) is 16.4 Å². The summed E-state index contributed by atoms with van der Waals surface area (Å²) in [6.07, 6.45) is 0.679. The predicted molar refractivity (Wildman–Crippen MR) is 75.4 cm³/mol. The zero-order chi connectivity index (χ0) is 14.8. The monoisotopic (exact) mass is 288 g/mol. The van der Waals surface area contributed by atoms with Gasteiger partial charge in [-0.25, -0.2) is 13.1 Å². The van der Waals surface area contributed by atoms with Gasteiger partial charge in [0.15, 0.2) is 0 Å². The van der Waals surface area contributed by atoms with Gasteiger partial charge in [0.2, 0.25) is 10.0 Å². The van der Waals surface area contributed by atoms with E-state index in [2.05, 4.69) is 4.72 Å². The molecule has 0 saturated heterocycles. The van der Waals surface area contributed by atoms with E-state index in [1.54, 1.807) is 13.8 Å². The topological polar surface area (TPSA) is 85.3 Å². The maximum absolute atomic E-state index is 12.4. The van der Waals surface area contributed by atoms with Crippen LogP contribution in [0.2, 0.25) is 0 Å². The molecule has 1 aromatic heterocycles. The molecule has 1 aromatic rings. The molecule has 110 valence electrons. The largest absolute Gasteiger partial charge is 0.465 e. The van der Waals surface area contributed by atoms with E-state index in [4.69, 9.17) is 10.2 Å². The van der Waals surface area contributed by atoms with Gasteiger partial charge in [-0.15, -0.1) is 0 Å². The second-order valence-electron chi connectivity index (χ2n) is 5.75. The number of sulfonamides is 1. The van der Waals surface area contributed by atoms with Crippen molar-refractivity contribution in [3.63, 3.8) is 0 Å². The first kappa shape index (κ1) is 16.2. The van der Waals surface area contributed by atoms with Crippen molar-refractivity contribution in [1.82, 2.24) is 4.72 Å². The molecule has 0 saturated carbocycles. The van der Waals surface area contributed by atoms with Gasteiger partial charge in [0.25, 0.3) is 0 Å². The van der Waals surface area contributed by atoms with Crippen molar-refractivity contribution in [3.8, 4) is 0 Å². The maximum Gasteiger partial charge on any atom is 0.244 e. The summed E-state index contributed by atoms with van der Waals surface area (Å²) in [5.41, 5.74) is 5.09. The Morgan fingerprint density at radius 2 is 2.00 bits per heavy atom. The first-order valence-electron chi connectivity index (χ1n) is 6.41. The van der Waals surface area contributed by atoms with Gasteiger partial charge in [0.05, 0.1) is 0 Å². The molecule has 19 heavy (non-hydrogen) atoms. The normalized spacial score (nSPS) is 15.7. The molecule has 0 aliphatic heterocycles. The third-order valence-corrected chi connectivity index (χ3v) is 4.72. The van der Waals surface area contributed by atoms with Crippen molar-refractivity contribution in [3.05, 3.63) is 17.6 Å². The number of nitrogens with one attached hydrogen (secondary N) is 1. The molecule has 0 fully saturated rings. The van der Waals surface area contributed by atoms with E-state index in [9.17, 15) is 8.42 Å². The highest BCUT2D eigenvalue weighted by Crippen LogP contribution is 2.23. The van der Waals surface area contributed by atoms with Gasteiger partial charge < -0.3 is 10.2 Å². The van der Waals surface area contributed by atoms with E-state index in [-0.39, 0.29) is 11.4 Å². The van der Waals surface area contributed by atoms with Crippen LogP contribution in [0.5, 0.6) is 0 Å². The summed E-state index contributed by atoms with van der Waals surface area (Å²) in [5.74, 6) is 1.33. The SMILES string of the molecule is Cc1cc(S(=O)(=O)NC(C)(CN)CC(C)C)c(C)o1. The lowest BCUT2D eigenvalue weighted by Gasteiger charge is -2.30. The molecule has 1 atom stereocenters. The van der Waals surface area contributed by atoms with Crippen molar-refractivity contribution < 1.29 is 12.8 Å². The summed E-state index contributed by atoms with van der Waals surface area (Å²) >= 11 is 0. The number of hydrogen-bond donors (Lipinski definition) is 2. The molecule has 6 heteroatoms. The third-order valence-electron chi connectivity index (χ3n) is 2.98. The van der Waals surface area contributed by atoms with Gasteiger partial charge in [0, 0.05) is 12.1 Å². The fraction of sp³-hybridized carbons (Fsp3) is 0.692. The van der Waals surface area contributed by atoms with Crippen LogP contribution >= 0.6 is 0 Å². The first-order valence-corrected chi connectivity index (χ1v) is 7.89. The van der Waals surface area contributed by atoms with Crippen LogP contribution in [0.4, 0.5) is 0 Å². The molecule has 0 radical (unpaired) electrons. The fourth-order valence-electron chi connectivity index (χ4n) is 2.32. The summed E-state index contributed by atoms with van der Waals surface area (Å²) in [5, 5.41) is 0. The Balaban J connectivity index is 3.05. The molecular formula is C13H24N2O3S. The highest BCUT2D eigenvalue weighted by Gasteiger charge is 2.32. The van der Waals surface area contributed by atoms with Crippen LogP contribution in [-0.2, 0) is 10.0 Å². The van der Waals surface area contributed by atoms with E-state index in [0.717, 1.165) is 0 Å². The minimum Gasteiger partial charge on any atom is -0.465 e. The maximum atomic E-state index is 12.4. The van der Waals surface area contributed by atoms with Crippen LogP contribution in [0.25, 0.3) is 0 Å². The molecule has 1 rings (SSSR count). The molecule has 0 amide bonds. The second kappa shape index (κ2) is 5.64. The molecule has 0 bridgehead atoms. The Morgan fingerprint density at radius 1 is 1.42 bits per heavy atom. The number of rotatable bonds is 6. The predicted octanol–water partition coefficient (Wildman–Crippen LogP) is 1.94. The highest BCUT2D eigenvalue weighted by molar-refractivity contribution is 7.89. The zero-order valence-corrected chi connectivity index (χ0v) is 13.1. The van der Waals surface area contributed by atoms with Crippen molar-refractivity contribution >= 4 is 10.0 Å². The summed E-state index contributed by atoms with van der Waals surface area (Å²) in [7, 11) is -3.61. The molecule has 0 aliphatic rings. The summed E-state index contributed by atoms with van der Waals surface area (Å²) in [6, 6.07) is 1.53. The van der Waals surface area contributed by atoms with E-state index in [0.29, 0.717) is 23.9 Å². The summed E-state index contributed by atoms with van der Waals surface area (Å²) in [4.78, 5) is 0.188. The van der Waals surface area contributed by atoms with Crippen molar-refractivity contribution in [2.75, 3.05) is 6.54 Å². The van der Waals surface area contributed by atoms with Crippen LogP contribution < -0.4 is 10.5 Å². The second-order valence-corrected chi connectivity index (χ2v) is 7.40. The van der Waals surface area contributed by atoms with E-state index < -0.39 is 15.6 Å². The van der Waals surface area contributed by atoms with Crippen molar-refractivity contribution in [1.29, 1.82) is 0 Å². The minimum atomic E-state index is -3.61. The Kier molecular flexibility index (Phi) is 4.81. The lowest BCUT2D eigenvalue weighted by atomic mass is 9.92. The average Bonchev–Trinajstić information content (AvgIpc) is 2.56. The lowest BCUT2D eigenvalue weighted by Crippen LogP contribution is -2.52. The average molecular weight is 288 g/mol. The van der Waals surface area contributed by atoms with Gasteiger partial charge >= 0.3 is 0 Å². The van der Waals surface area contributed by atoms with Crippen LogP contribution in [0.3, 0.4) is 0 Å². The third kappa shape index (κ3) is 4.06. The van der Waals surface area contributed by atoms with Gasteiger partial charge in [-0.05, 0) is 39.2 Å². The minimum absolute atomic E-state index is 0.188. The van der Waals surface area contributed by atoms with Gasteiger partial charge in [-0.3, -0.25) is 0 Å². The van der Waals surface area contributed by atoms with E-state index in [1.807, 2.05) is 20.8 Å². The van der Waals surface area contributed by atoms with Crippen LogP contribution in [-0.4, -0.2) is 20.5 Å². The van der Waals surface area contributed by atoms with E-state index in [1.165, 1.54) is 6.07 Å². The number of nitrogens with two attached hydrogens (primary N) is 1. The van der Waals surface area contributed by atoms with Crippen LogP contribution in [0.15, 0.2) is 15.4 Å². The molecule has 1 unspecified atom stereocenters. The van der Waals surface area contributed by atoms with Gasteiger partial charge in [-0.1, -0.05) is 13.8 Å². The first-order chi connectivity index (χ1) is 8.59. The van der Waals surface area contributed by atoms with Crippen LogP contribution in [0, 0.1) is 19.8 Å². The van der Waals surface area contributed by atoms with E-state index >= 15 is 0 Å². The molecule has 0 aromatic carbocycles. The fourth-order valence-corrected chi connectivity index (χ4v) is 3.99. The zero-order valence-electron chi connectivity index (χ0n) is 12.3. The number of aryl methyl sites for hydroxylation is 2.